The Morgan fingerprint density at radius 2 is 1.02 bits per heavy atom. The number of allylic oxidation sites excluding steroid dienone is 2. The third kappa shape index (κ3) is 3.67. The van der Waals surface area contributed by atoms with E-state index < -0.39 is 34.5 Å². The number of carbonyl (C=O) groups is 3. The Balaban J connectivity index is 1.35. The van der Waals surface area contributed by atoms with Crippen LogP contribution < -0.4 is 28.6 Å². The lowest BCUT2D eigenvalue weighted by atomic mass is 9.59. The van der Waals surface area contributed by atoms with Gasteiger partial charge in [-0.2, -0.15) is 0 Å². The van der Waals surface area contributed by atoms with E-state index in [1.165, 1.54) is 4.90 Å². The number of methoxy groups -OCH3 is 1. The lowest BCUT2D eigenvalue weighted by Gasteiger charge is -2.39. The maximum Gasteiger partial charge on any atom is 0.239 e. The Hall–Kier alpha value is -6.35. The lowest BCUT2D eigenvalue weighted by molar-refractivity contribution is -0.130. The van der Waals surface area contributed by atoms with Crippen LogP contribution in [0.25, 0.3) is 11.1 Å². The van der Waals surface area contributed by atoms with Gasteiger partial charge in [-0.05, 0) is 81.9 Å². The van der Waals surface area contributed by atoms with Gasteiger partial charge in [0.15, 0.2) is 28.8 Å². The lowest BCUT2D eigenvalue weighted by Crippen LogP contribution is -2.45. The summed E-state index contributed by atoms with van der Waals surface area (Å²) in [6.07, 6.45) is 0. The van der Waals surface area contributed by atoms with Gasteiger partial charge in [-0.25, -0.2) is 4.90 Å². The monoisotopic (exact) mass is 675 g/mol. The number of fused-ring (bicyclic) bond motifs is 7. The second-order valence-electron chi connectivity index (χ2n) is 13.2. The summed E-state index contributed by atoms with van der Waals surface area (Å²) < 4.78 is 28.5. The molecule has 0 N–H and O–H groups in total. The number of nitrogens with zero attached hydrogens (tertiary/aromatic N) is 1. The first-order chi connectivity index (χ1) is 25.0. The van der Waals surface area contributed by atoms with Crippen molar-refractivity contribution in [3.63, 3.8) is 0 Å². The summed E-state index contributed by atoms with van der Waals surface area (Å²) in [7, 11) is 1.56. The molecule has 0 spiro atoms. The zero-order valence-corrected chi connectivity index (χ0v) is 27.3. The number of Topliss-reactive ketones (excluding diaryl/α,β-unsaturated/α-hetero) is 1. The molecule has 1 saturated carbocycles. The van der Waals surface area contributed by atoms with E-state index in [1.807, 2.05) is 97.1 Å². The molecule has 51 heavy (non-hydrogen) atoms. The summed E-state index contributed by atoms with van der Waals surface area (Å²) in [5, 5.41) is 0. The molecule has 2 fully saturated rings. The quantitative estimate of drug-likeness (QED) is 0.192. The molecule has 0 radical (unpaired) electrons. The number of ketones is 1. The SMILES string of the molecule is COc1ccc(N2C(=O)[C@H]3[C@H](C2=O)[C@@]2(c4ccccc4)C(=O)[C@@]3(c3ccccc3)C(c3ccc4c(c3)OCO4)=C2c2ccc3c(c2)OCO3)cc1. The number of hydrogen-bond donors (Lipinski definition) is 0. The predicted molar refractivity (Wildman–Crippen MR) is 186 cm³/mol. The van der Waals surface area contributed by atoms with Crippen molar-refractivity contribution in [3.8, 4) is 28.7 Å². The largest absolute Gasteiger partial charge is 0.497 e. The van der Waals surface area contributed by atoms with Gasteiger partial charge in [-0.15, -0.1) is 0 Å². The fraction of sp³-hybridized carbons (Fsp3) is 0.167. The van der Waals surface area contributed by atoms with Crippen LogP contribution in [0.5, 0.6) is 28.7 Å². The van der Waals surface area contributed by atoms with Gasteiger partial charge in [0.05, 0.1) is 35.5 Å². The summed E-state index contributed by atoms with van der Waals surface area (Å²) in [6, 6.07) is 36.9. The third-order valence-corrected chi connectivity index (χ3v) is 11.1. The zero-order valence-electron chi connectivity index (χ0n) is 27.3. The molecule has 10 rings (SSSR count). The Bertz CT molecular complexity index is 2200. The summed E-state index contributed by atoms with van der Waals surface area (Å²) in [6.45, 7) is 0.135. The summed E-state index contributed by atoms with van der Waals surface area (Å²) >= 11 is 0. The van der Waals surface area contributed by atoms with Gasteiger partial charge in [-0.1, -0.05) is 72.8 Å². The molecule has 2 amide bonds. The highest BCUT2D eigenvalue weighted by molar-refractivity contribution is 6.39. The molecule has 3 heterocycles. The first-order valence-corrected chi connectivity index (χ1v) is 16.7. The average Bonchev–Trinajstić information content (AvgIpc) is 3.98. The highest BCUT2D eigenvalue weighted by Gasteiger charge is 2.82. The molecule has 1 saturated heterocycles. The topological polar surface area (TPSA) is 101 Å². The molecule has 5 aliphatic rings. The van der Waals surface area contributed by atoms with E-state index in [0.29, 0.717) is 67.8 Å². The van der Waals surface area contributed by atoms with Crippen molar-refractivity contribution in [1.82, 2.24) is 0 Å². The van der Waals surface area contributed by atoms with Gasteiger partial charge in [0.1, 0.15) is 5.75 Å². The van der Waals surface area contributed by atoms with E-state index in [9.17, 15) is 0 Å². The number of amides is 2. The molecule has 5 aromatic rings. The molecular weight excluding hydrogens is 646 g/mol. The Labute approximate surface area is 292 Å². The van der Waals surface area contributed by atoms with E-state index in [4.69, 9.17) is 23.7 Å². The van der Waals surface area contributed by atoms with Crippen LogP contribution in [0.3, 0.4) is 0 Å². The van der Waals surface area contributed by atoms with Crippen LogP contribution in [0, 0.1) is 11.8 Å². The number of imide groups is 1. The average molecular weight is 676 g/mol. The number of hydrogen-bond acceptors (Lipinski definition) is 8. The summed E-state index contributed by atoms with van der Waals surface area (Å²) in [5.41, 5.74) is 1.16. The van der Waals surface area contributed by atoms with E-state index in [2.05, 4.69) is 0 Å². The first-order valence-electron chi connectivity index (χ1n) is 16.7. The summed E-state index contributed by atoms with van der Waals surface area (Å²) in [5.74, 6) is -0.418. The maximum absolute atomic E-state index is 16.2. The van der Waals surface area contributed by atoms with Crippen LogP contribution >= 0.6 is 0 Å². The molecule has 250 valence electrons. The van der Waals surface area contributed by atoms with Crippen molar-refractivity contribution >= 4 is 34.4 Å². The second-order valence-corrected chi connectivity index (χ2v) is 13.2. The third-order valence-electron chi connectivity index (χ3n) is 11.1. The van der Waals surface area contributed by atoms with Gasteiger partial charge in [-0.3, -0.25) is 14.4 Å². The van der Waals surface area contributed by atoms with E-state index in [0.717, 1.165) is 0 Å². The number of rotatable bonds is 6. The molecule has 5 aromatic carbocycles. The highest BCUT2D eigenvalue weighted by atomic mass is 16.7. The Morgan fingerprint density at radius 1 is 0.569 bits per heavy atom. The normalized spacial score (nSPS) is 25.2. The van der Waals surface area contributed by atoms with Crippen LogP contribution in [0.2, 0.25) is 0 Å². The second kappa shape index (κ2) is 10.6. The Kier molecular flexibility index (Phi) is 6.13. The smallest absolute Gasteiger partial charge is 0.239 e. The molecule has 2 aliphatic carbocycles. The van der Waals surface area contributed by atoms with E-state index >= 15 is 14.4 Å². The van der Waals surface area contributed by atoms with Gasteiger partial charge in [0, 0.05) is 0 Å². The van der Waals surface area contributed by atoms with Crippen LogP contribution in [0.4, 0.5) is 5.69 Å². The van der Waals surface area contributed by atoms with Crippen LogP contribution in [0.1, 0.15) is 22.3 Å². The highest BCUT2D eigenvalue weighted by Crippen LogP contribution is 2.74. The Morgan fingerprint density at radius 3 is 1.47 bits per heavy atom. The number of anilines is 1. The molecule has 9 heteroatoms. The minimum Gasteiger partial charge on any atom is -0.497 e. The minimum absolute atomic E-state index is 0.0675. The van der Waals surface area contributed by atoms with Crippen molar-refractivity contribution in [3.05, 3.63) is 144 Å². The van der Waals surface area contributed by atoms with Gasteiger partial charge >= 0.3 is 0 Å². The standard InChI is InChI=1S/C42H29NO8/c1-47-29-16-14-28(15-17-29)43-38(44)36-37(39(43)45)42(27-10-6-3-7-11-27)35(25-13-19-31-33(21-25)51-23-49-31)34(24-12-18-30-32(20-24)50-22-48-30)41(36,40(42)46)26-8-4-2-5-9-26/h2-21,36-37H,22-23H2,1H3/t36-,37-,41+,42+/m1/s1. The molecule has 2 bridgehead atoms. The van der Waals surface area contributed by atoms with Gasteiger partial charge in [0.25, 0.3) is 0 Å². The van der Waals surface area contributed by atoms with Gasteiger partial charge < -0.3 is 23.7 Å². The number of carbonyl (C=O) groups excluding carboxylic acids is 3. The maximum atomic E-state index is 16.2. The summed E-state index contributed by atoms with van der Waals surface area (Å²) in [4.78, 5) is 47.9. The fourth-order valence-electron chi connectivity index (χ4n) is 9.21. The molecule has 0 unspecified atom stereocenters. The van der Waals surface area contributed by atoms with Crippen molar-refractivity contribution in [2.45, 2.75) is 10.8 Å². The van der Waals surface area contributed by atoms with E-state index in [1.54, 1.807) is 31.4 Å². The zero-order chi connectivity index (χ0) is 34.5. The molecule has 0 aromatic heterocycles. The van der Waals surface area contributed by atoms with Crippen molar-refractivity contribution in [2.75, 3.05) is 25.6 Å². The molecular formula is C42H29NO8. The number of ether oxygens (including phenoxy) is 5. The van der Waals surface area contributed by atoms with Crippen molar-refractivity contribution < 1.29 is 38.1 Å². The molecule has 3 aliphatic heterocycles. The van der Waals surface area contributed by atoms with Crippen LogP contribution in [-0.4, -0.2) is 38.3 Å². The van der Waals surface area contributed by atoms with Gasteiger partial charge in [0.2, 0.25) is 25.4 Å². The first kappa shape index (κ1) is 29.6. The fourth-order valence-corrected chi connectivity index (χ4v) is 9.21. The predicted octanol–water partition coefficient (Wildman–Crippen LogP) is 6.34. The van der Waals surface area contributed by atoms with Crippen LogP contribution in [-0.2, 0) is 25.2 Å². The van der Waals surface area contributed by atoms with Crippen LogP contribution in [0.15, 0.2) is 121 Å². The molecule has 9 nitrogen and oxygen atoms in total. The van der Waals surface area contributed by atoms with Crippen molar-refractivity contribution in [2.24, 2.45) is 11.8 Å². The molecule has 4 atom stereocenters. The van der Waals surface area contributed by atoms with E-state index in [-0.39, 0.29) is 19.4 Å². The van der Waals surface area contributed by atoms with Crippen molar-refractivity contribution in [1.29, 1.82) is 0 Å². The number of benzene rings is 5. The minimum atomic E-state index is -1.57.